The standard InChI is InChI=1S/Ba.H3O4P.Se/c;1-5(2,3)4;/h;(H3,1,2,3,4);. The van der Waals surface area contributed by atoms with Crippen LogP contribution in [0.15, 0.2) is 0 Å². The Balaban J connectivity index is -0.0000000800. The van der Waals surface area contributed by atoms with E-state index in [0.29, 0.717) is 0 Å². The molecule has 0 unspecified atom stereocenters. The van der Waals surface area contributed by atoms with Gasteiger partial charge in [0.15, 0.2) is 0 Å². The van der Waals surface area contributed by atoms with Crippen molar-refractivity contribution in [1.29, 1.82) is 0 Å². The van der Waals surface area contributed by atoms with Crippen molar-refractivity contribution in [2.24, 2.45) is 0 Å². The fourth-order valence-corrected chi connectivity index (χ4v) is 0. The average Bonchev–Trinajstić information content (AvgIpc) is 0.722. The number of rotatable bonds is 0. The van der Waals surface area contributed by atoms with E-state index in [1.807, 2.05) is 0 Å². The molecule has 0 amide bonds. The van der Waals surface area contributed by atoms with Crippen LogP contribution < -0.4 is 0 Å². The molecule has 0 aliphatic rings. The smallest absolute Gasteiger partial charge is 0.303 e. The Kier molecular flexibility index (Phi) is 14.5. The maximum absolute atomic E-state index is 8.88. The molecule has 0 spiro atoms. The minimum absolute atomic E-state index is 0. The molecule has 40 valence electrons. The molecular weight excluding hydrogens is 311 g/mol. The Bertz CT molecular complexity index is 57.8. The van der Waals surface area contributed by atoms with Gasteiger partial charge in [0.25, 0.3) is 0 Å². The van der Waals surface area contributed by atoms with Gasteiger partial charge in [-0.3, -0.25) is 0 Å². The summed E-state index contributed by atoms with van der Waals surface area (Å²) in [5.74, 6) is 0. The molecule has 3 N–H and O–H groups in total. The molecule has 0 heterocycles. The number of hydrogen-bond acceptors (Lipinski definition) is 1. The van der Waals surface area contributed by atoms with Crippen molar-refractivity contribution in [2.45, 2.75) is 0 Å². The molecular formula is H3BaO4PSe. The Labute approximate surface area is 91.5 Å². The first kappa shape index (κ1) is 16.1. The van der Waals surface area contributed by atoms with Gasteiger partial charge in [0, 0.05) is 65.9 Å². The van der Waals surface area contributed by atoms with Gasteiger partial charge >= 0.3 is 7.82 Å². The second kappa shape index (κ2) is 6.32. The predicted octanol–water partition coefficient (Wildman–Crippen LogP) is -1.69. The summed E-state index contributed by atoms with van der Waals surface area (Å²) in [5.41, 5.74) is 0. The Morgan fingerprint density at radius 2 is 1.14 bits per heavy atom. The fourth-order valence-electron chi connectivity index (χ4n) is 0. The molecule has 0 aromatic carbocycles. The van der Waals surface area contributed by atoms with E-state index in [-0.39, 0.29) is 65.9 Å². The summed E-state index contributed by atoms with van der Waals surface area (Å²) in [5, 5.41) is 0. The van der Waals surface area contributed by atoms with Crippen LogP contribution in [0.1, 0.15) is 0 Å². The first-order valence-electron chi connectivity index (χ1n) is 0.783. The van der Waals surface area contributed by atoms with Crippen LogP contribution in [0.4, 0.5) is 0 Å². The zero-order valence-electron chi connectivity index (χ0n) is 3.31. The van der Waals surface area contributed by atoms with Gasteiger partial charge in [0.1, 0.15) is 0 Å². The molecule has 4 radical (unpaired) electrons. The summed E-state index contributed by atoms with van der Waals surface area (Å²) in [7, 11) is -4.64. The van der Waals surface area contributed by atoms with Crippen LogP contribution in [-0.2, 0) is 4.57 Å². The van der Waals surface area contributed by atoms with Gasteiger partial charge in [0.05, 0.1) is 0 Å². The van der Waals surface area contributed by atoms with Gasteiger partial charge in [-0.15, -0.1) is 0 Å². The summed E-state index contributed by atoms with van der Waals surface area (Å²) < 4.78 is 8.88. The first-order chi connectivity index (χ1) is 2.00. The van der Waals surface area contributed by atoms with Crippen LogP contribution in [0.5, 0.6) is 0 Å². The van der Waals surface area contributed by atoms with E-state index < -0.39 is 7.82 Å². The van der Waals surface area contributed by atoms with E-state index >= 15 is 0 Å². The Morgan fingerprint density at radius 3 is 1.14 bits per heavy atom. The maximum atomic E-state index is 8.88. The largest absolute Gasteiger partial charge is 0.466 e. The second-order valence-corrected chi connectivity index (χ2v) is 1.54. The first-order valence-corrected chi connectivity index (χ1v) is 2.35. The van der Waals surface area contributed by atoms with Gasteiger partial charge in [-0.25, -0.2) is 4.57 Å². The summed E-state index contributed by atoms with van der Waals surface area (Å²) in [6.45, 7) is 0. The van der Waals surface area contributed by atoms with Crippen molar-refractivity contribution in [2.75, 3.05) is 0 Å². The van der Waals surface area contributed by atoms with Gasteiger partial charge in [-0.1, -0.05) is 0 Å². The molecule has 0 saturated heterocycles. The topological polar surface area (TPSA) is 77.8 Å². The van der Waals surface area contributed by atoms with Crippen molar-refractivity contribution in [3.05, 3.63) is 0 Å². The van der Waals surface area contributed by atoms with Crippen LogP contribution in [-0.4, -0.2) is 80.6 Å². The van der Waals surface area contributed by atoms with Crippen LogP contribution >= 0.6 is 7.82 Å². The summed E-state index contributed by atoms with van der Waals surface area (Å²) in [6, 6.07) is 0. The Morgan fingerprint density at radius 1 is 1.14 bits per heavy atom. The van der Waals surface area contributed by atoms with Gasteiger partial charge in [-0.2, -0.15) is 0 Å². The average molecular weight is 314 g/mol. The molecule has 0 bridgehead atoms. The molecule has 0 rings (SSSR count). The molecule has 0 saturated carbocycles. The third kappa shape index (κ3) is 65.1. The molecule has 0 aromatic heterocycles. The maximum Gasteiger partial charge on any atom is 0.466 e. The summed E-state index contributed by atoms with van der Waals surface area (Å²) >= 11 is 0. The molecule has 0 aliphatic heterocycles. The van der Waals surface area contributed by atoms with E-state index in [9.17, 15) is 0 Å². The number of phosphoric acid groups is 1. The van der Waals surface area contributed by atoms with E-state index in [1.165, 1.54) is 0 Å². The third-order valence-corrected chi connectivity index (χ3v) is 0. The van der Waals surface area contributed by atoms with E-state index in [1.54, 1.807) is 0 Å². The zero-order valence-corrected chi connectivity index (χ0v) is 10.4. The van der Waals surface area contributed by atoms with Gasteiger partial charge < -0.3 is 14.7 Å². The van der Waals surface area contributed by atoms with E-state index in [0.717, 1.165) is 0 Å². The SMILES string of the molecule is O=P(O)(O)O.[Ba].[Se]. The fraction of sp³-hybridized carbons (Fsp3) is 0. The quantitative estimate of drug-likeness (QED) is 0.368. The molecule has 0 fully saturated rings. The summed E-state index contributed by atoms with van der Waals surface area (Å²) in [4.78, 5) is 21.6. The van der Waals surface area contributed by atoms with Crippen molar-refractivity contribution in [3.63, 3.8) is 0 Å². The van der Waals surface area contributed by atoms with Crippen molar-refractivity contribution < 1.29 is 19.2 Å². The van der Waals surface area contributed by atoms with Gasteiger partial charge in [-0.05, 0) is 0 Å². The van der Waals surface area contributed by atoms with Crippen LogP contribution in [0, 0.1) is 0 Å². The van der Waals surface area contributed by atoms with E-state index in [2.05, 4.69) is 0 Å². The molecule has 7 heavy (non-hydrogen) atoms. The van der Waals surface area contributed by atoms with Gasteiger partial charge in [0.2, 0.25) is 0 Å². The van der Waals surface area contributed by atoms with Crippen molar-refractivity contribution >= 4 is 73.8 Å². The molecule has 4 nitrogen and oxygen atoms in total. The normalized spacial score (nSPS) is 8.43. The Hall–Kier alpha value is 2.20. The number of hydrogen-bond donors (Lipinski definition) is 3. The predicted molar refractivity (Wildman–Crippen MR) is 25.8 cm³/mol. The second-order valence-electron chi connectivity index (χ2n) is 0.513. The van der Waals surface area contributed by atoms with Crippen LogP contribution in [0.3, 0.4) is 0 Å². The van der Waals surface area contributed by atoms with E-state index in [4.69, 9.17) is 19.2 Å². The molecule has 0 aliphatic carbocycles. The molecule has 0 atom stereocenters. The third-order valence-electron chi connectivity index (χ3n) is 0. The molecule has 7 heteroatoms. The monoisotopic (exact) mass is 316 g/mol. The zero-order chi connectivity index (χ0) is 4.50. The molecule has 0 aromatic rings. The van der Waals surface area contributed by atoms with Crippen molar-refractivity contribution in [1.82, 2.24) is 0 Å². The van der Waals surface area contributed by atoms with Crippen LogP contribution in [0.2, 0.25) is 0 Å². The minimum atomic E-state index is -4.64. The minimum Gasteiger partial charge on any atom is -0.303 e. The van der Waals surface area contributed by atoms with Crippen molar-refractivity contribution in [3.8, 4) is 0 Å². The van der Waals surface area contributed by atoms with Crippen LogP contribution in [0.25, 0.3) is 0 Å². The summed E-state index contributed by atoms with van der Waals surface area (Å²) in [6.07, 6.45) is 0.